The zero-order valence-corrected chi connectivity index (χ0v) is 23.7. The number of nitrogens with zero attached hydrogens (tertiary/aromatic N) is 1. The molecule has 1 amide bonds. The van der Waals surface area contributed by atoms with Gasteiger partial charge in [0.2, 0.25) is 0 Å². The highest BCUT2D eigenvalue weighted by Crippen LogP contribution is 2.37. The molecule has 1 rings (SSSR count). The van der Waals surface area contributed by atoms with Crippen LogP contribution in [0, 0.1) is 5.92 Å². The fraction of sp³-hybridized carbons (Fsp3) is 0.957. The predicted octanol–water partition coefficient (Wildman–Crippen LogP) is 5.47. The molecule has 8 heteroatoms. The minimum Gasteiger partial charge on any atom is -0.598 e. The average molecular weight is 477 g/mol. The first kappa shape index (κ1) is 28.7. The summed E-state index contributed by atoms with van der Waals surface area (Å²) in [6.07, 6.45) is 2.54. The molecule has 0 saturated carbocycles. The molecule has 1 N–H and O–H groups in total. The van der Waals surface area contributed by atoms with E-state index in [0.29, 0.717) is 25.6 Å². The van der Waals surface area contributed by atoms with Gasteiger partial charge in [0.15, 0.2) is 8.32 Å². The van der Waals surface area contributed by atoms with E-state index in [1.807, 2.05) is 46.4 Å². The van der Waals surface area contributed by atoms with Gasteiger partial charge in [-0.3, -0.25) is 0 Å². The van der Waals surface area contributed by atoms with Crippen molar-refractivity contribution in [2.75, 3.05) is 19.7 Å². The van der Waals surface area contributed by atoms with E-state index in [-0.39, 0.29) is 21.9 Å². The van der Waals surface area contributed by atoms with Crippen molar-refractivity contribution in [1.29, 1.82) is 0 Å². The van der Waals surface area contributed by atoms with E-state index in [4.69, 9.17) is 9.16 Å². The molecule has 1 heterocycles. The molecule has 0 aromatic heterocycles. The molecule has 1 saturated heterocycles. The van der Waals surface area contributed by atoms with Crippen LogP contribution in [0.1, 0.15) is 81.6 Å². The smallest absolute Gasteiger partial charge is 0.410 e. The van der Waals surface area contributed by atoms with Crippen LogP contribution in [0.5, 0.6) is 0 Å². The van der Waals surface area contributed by atoms with Gasteiger partial charge in [0.25, 0.3) is 0 Å². The van der Waals surface area contributed by atoms with Crippen LogP contribution in [0.3, 0.4) is 0 Å². The third-order valence-electron chi connectivity index (χ3n) is 6.17. The molecule has 1 fully saturated rings. The summed E-state index contributed by atoms with van der Waals surface area (Å²) in [5.74, 6) is 0.469. The Labute approximate surface area is 195 Å². The Kier molecular flexibility index (Phi) is 9.98. The Bertz CT molecular complexity index is 574. The first-order chi connectivity index (χ1) is 13.8. The van der Waals surface area contributed by atoms with E-state index in [1.54, 1.807) is 0 Å². The summed E-state index contributed by atoms with van der Waals surface area (Å²) in [5.41, 5.74) is -0.471. The van der Waals surface area contributed by atoms with Gasteiger partial charge in [-0.15, -0.1) is 4.72 Å². The van der Waals surface area contributed by atoms with Crippen molar-refractivity contribution in [3.05, 3.63) is 0 Å². The monoisotopic (exact) mass is 476 g/mol. The number of carbonyl (C=O) groups excluding carboxylic acids is 1. The van der Waals surface area contributed by atoms with Crippen molar-refractivity contribution in [3.63, 3.8) is 0 Å². The third-order valence-corrected chi connectivity index (χ3v) is 12.3. The maximum absolute atomic E-state index is 12.8. The lowest BCUT2D eigenvalue weighted by Crippen LogP contribution is -2.50. The second kappa shape index (κ2) is 10.8. The number of carbonyl (C=O) groups is 1. The van der Waals surface area contributed by atoms with Gasteiger partial charge in [0, 0.05) is 24.5 Å². The first-order valence-corrected chi connectivity index (χ1v) is 15.7. The number of ether oxygens (including phenoxy) is 1. The van der Waals surface area contributed by atoms with Crippen LogP contribution < -0.4 is 4.72 Å². The summed E-state index contributed by atoms with van der Waals surface area (Å²) in [6, 6.07) is 0.0345. The number of nitrogens with one attached hydrogen (secondary N) is 1. The third kappa shape index (κ3) is 10.0. The molecule has 2 atom stereocenters. The van der Waals surface area contributed by atoms with Crippen molar-refractivity contribution in [1.82, 2.24) is 9.62 Å². The summed E-state index contributed by atoms with van der Waals surface area (Å²) in [5, 5.41) is 0.138. The van der Waals surface area contributed by atoms with E-state index in [0.717, 1.165) is 19.3 Å². The minimum absolute atomic E-state index is 0.0345. The van der Waals surface area contributed by atoms with Crippen molar-refractivity contribution in [2.24, 2.45) is 5.92 Å². The van der Waals surface area contributed by atoms with E-state index >= 15 is 0 Å². The first-order valence-electron chi connectivity index (χ1n) is 11.6. The van der Waals surface area contributed by atoms with Crippen LogP contribution in [0.15, 0.2) is 0 Å². The van der Waals surface area contributed by atoms with Crippen molar-refractivity contribution in [2.45, 2.75) is 116 Å². The maximum atomic E-state index is 12.8. The van der Waals surface area contributed by atoms with Gasteiger partial charge in [-0.05, 0) is 84.9 Å². The van der Waals surface area contributed by atoms with Crippen LogP contribution in [0.4, 0.5) is 4.79 Å². The molecule has 31 heavy (non-hydrogen) atoms. The van der Waals surface area contributed by atoms with Gasteiger partial charge in [0.1, 0.15) is 10.3 Å². The maximum Gasteiger partial charge on any atom is 0.410 e. The second-order valence-corrected chi connectivity index (χ2v) is 19.2. The molecule has 184 valence electrons. The molecule has 0 radical (unpaired) electrons. The van der Waals surface area contributed by atoms with Crippen LogP contribution in [-0.2, 0) is 20.5 Å². The normalized spacial score (nSPS) is 19.3. The highest BCUT2D eigenvalue weighted by Gasteiger charge is 2.39. The van der Waals surface area contributed by atoms with Crippen molar-refractivity contribution >= 4 is 25.8 Å². The topological polar surface area (TPSA) is 73.9 Å². The molecule has 0 aromatic carbocycles. The van der Waals surface area contributed by atoms with Gasteiger partial charge in [-0.25, -0.2) is 4.79 Å². The summed E-state index contributed by atoms with van der Waals surface area (Å²) in [6.45, 7) is 24.9. The van der Waals surface area contributed by atoms with Gasteiger partial charge >= 0.3 is 6.09 Å². The molecule has 2 unspecified atom stereocenters. The fourth-order valence-corrected chi connectivity index (χ4v) is 4.96. The van der Waals surface area contributed by atoms with Crippen LogP contribution in [-0.4, -0.2) is 59.9 Å². The lowest BCUT2D eigenvalue weighted by Gasteiger charge is -2.39. The summed E-state index contributed by atoms with van der Waals surface area (Å²) >= 11 is -1.15. The standard InChI is InChI=1S/C23H48N2O4SSi/c1-21(2,3)29-20(26)25-14-12-18(13-15-25)16-19(24-30(27)22(4,5)6)17-28-31(10,11)23(7,8)9/h18-19,24H,12-17H2,1-11H3. The SMILES string of the molecule is CC(C)(C)OC(=O)N1CCC(CC(CO[Si](C)(C)C(C)(C)C)N[S+]([O-])C(C)(C)C)CC1. The molecule has 0 bridgehead atoms. The van der Waals surface area contributed by atoms with Gasteiger partial charge in [-0.2, -0.15) is 0 Å². The van der Waals surface area contributed by atoms with E-state index in [2.05, 4.69) is 38.6 Å². The van der Waals surface area contributed by atoms with E-state index < -0.39 is 25.3 Å². The Hall–Kier alpha value is -0.283. The summed E-state index contributed by atoms with van der Waals surface area (Å²) < 4.78 is 27.8. The molecule has 0 spiro atoms. The zero-order chi connectivity index (χ0) is 24.3. The van der Waals surface area contributed by atoms with Crippen molar-refractivity contribution < 1.29 is 18.5 Å². The van der Waals surface area contributed by atoms with E-state index in [9.17, 15) is 9.35 Å². The number of likely N-dealkylation sites (tertiary alicyclic amines) is 1. The average Bonchev–Trinajstić information content (AvgIpc) is 2.57. The number of hydrogen-bond acceptors (Lipinski definition) is 5. The second-order valence-electron chi connectivity index (χ2n) is 12.4. The molecule has 0 aliphatic carbocycles. The van der Waals surface area contributed by atoms with E-state index in [1.165, 1.54) is 0 Å². The number of hydrogen-bond donors (Lipinski definition) is 1. The lowest BCUT2D eigenvalue weighted by atomic mass is 9.91. The molecule has 1 aliphatic rings. The lowest BCUT2D eigenvalue weighted by molar-refractivity contribution is 0.0176. The van der Waals surface area contributed by atoms with Crippen LogP contribution in [0.25, 0.3) is 0 Å². The van der Waals surface area contributed by atoms with Gasteiger partial charge in [-0.1, -0.05) is 20.8 Å². The van der Waals surface area contributed by atoms with Gasteiger partial charge < -0.3 is 18.6 Å². The highest BCUT2D eigenvalue weighted by molar-refractivity contribution is 7.90. The summed E-state index contributed by atoms with van der Waals surface area (Å²) in [4.78, 5) is 14.2. The Balaban J connectivity index is 2.72. The Morgan fingerprint density at radius 3 is 2.03 bits per heavy atom. The zero-order valence-electron chi connectivity index (χ0n) is 21.9. The number of piperidine rings is 1. The molecular formula is C23H48N2O4SSi. The molecular weight excluding hydrogens is 428 g/mol. The van der Waals surface area contributed by atoms with Crippen molar-refractivity contribution in [3.8, 4) is 0 Å². The Morgan fingerprint density at radius 1 is 1.10 bits per heavy atom. The molecule has 1 aliphatic heterocycles. The quantitative estimate of drug-likeness (QED) is 0.390. The fourth-order valence-electron chi connectivity index (χ4n) is 3.08. The molecule has 0 aromatic rings. The Morgan fingerprint density at radius 2 is 1.61 bits per heavy atom. The van der Waals surface area contributed by atoms with Crippen LogP contribution >= 0.6 is 0 Å². The summed E-state index contributed by atoms with van der Waals surface area (Å²) in [7, 11) is -1.89. The predicted molar refractivity (Wildman–Crippen MR) is 133 cm³/mol. The largest absolute Gasteiger partial charge is 0.598 e. The van der Waals surface area contributed by atoms with Crippen LogP contribution in [0.2, 0.25) is 18.1 Å². The number of amides is 1. The number of rotatable bonds is 7. The van der Waals surface area contributed by atoms with Gasteiger partial charge in [0.05, 0.1) is 12.6 Å². The minimum atomic E-state index is -1.89. The molecule has 6 nitrogen and oxygen atoms in total. The highest BCUT2D eigenvalue weighted by atomic mass is 32.2.